The quantitative estimate of drug-likeness (QED) is 0.501. The molecule has 15 heavy (non-hydrogen) atoms. The van der Waals surface area contributed by atoms with Crippen molar-refractivity contribution in [2.24, 2.45) is 0 Å². The van der Waals surface area contributed by atoms with Crippen molar-refractivity contribution in [1.29, 1.82) is 0 Å². The molecule has 6 heteroatoms. The molecule has 0 fully saturated rings. The third kappa shape index (κ3) is 6.48. The molecule has 0 aliphatic carbocycles. The normalized spacial score (nSPS) is 9.20. The summed E-state index contributed by atoms with van der Waals surface area (Å²) in [6, 6.07) is 0. The Kier molecular flexibility index (Phi) is 6.96. The van der Waals surface area contributed by atoms with Crippen LogP contribution >= 0.6 is 0 Å². The summed E-state index contributed by atoms with van der Waals surface area (Å²) >= 11 is 0. The number of ether oxygens (including phenoxy) is 2. The fourth-order valence-electron chi connectivity index (χ4n) is 0.780. The first-order chi connectivity index (χ1) is 7.11. The standard InChI is InChI=1S/C9H15NO5/c1-3-14-7(11)5-6-10-8(12)9(13)15-4-2/h3-6H2,1-2H3,(H,10,12). The average molecular weight is 217 g/mol. The molecule has 0 radical (unpaired) electrons. The van der Waals surface area contributed by atoms with E-state index in [2.05, 4.69) is 14.8 Å². The Morgan fingerprint density at radius 3 is 2.20 bits per heavy atom. The molecule has 0 aromatic rings. The third-order valence-corrected chi connectivity index (χ3v) is 1.38. The van der Waals surface area contributed by atoms with Crippen LogP contribution in [-0.2, 0) is 23.9 Å². The van der Waals surface area contributed by atoms with Crippen molar-refractivity contribution < 1.29 is 23.9 Å². The molecule has 6 nitrogen and oxygen atoms in total. The van der Waals surface area contributed by atoms with Crippen LogP contribution in [0.5, 0.6) is 0 Å². The van der Waals surface area contributed by atoms with Gasteiger partial charge in [-0.3, -0.25) is 9.59 Å². The van der Waals surface area contributed by atoms with E-state index < -0.39 is 17.8 Å². The van der Waals surface area contributed by atoms with Gasteiger partial charge in [0.2, 0.25) is 0 Å². The first kappa shape index (κ1) is 13.4. The third-order valence-electron chi connectivity index (χ3n) is 1.38. The Balaban J connectivity index is 3.63. The van der Waals surface area contributed by atoms with Crippen molar-refractivity contribution >= 4 is 17.8 Å². The molecule has 0 rings (SSSR count). The minimum absolute atomic E-state index is 0.0407. The monoisotopic (exact) mass is 217 g/mol. The molecule has 1 amide bonds. The van der Waals surface area contributed by atoms with Crippen LogP contribution in [-0.4, -0.2) is 37.6 Å². The van der Waals surface area contributed by atoms with E-state index in [1.165, 1.54) is 0 Å². The van der Waals surface area contributed by atoms with Crippen molar-refractivity contribution in [1.82, 2.24) is 5.32 Å². The summed E-state index contributed by atoms with van der Waals surface area (Å²) in [5, 5.41) is 2.24. The Bertz CT molecular complexity index is 239. The number of rotatable bonds is 5. The van der Waals surface area contributed by atoms with Gasteiger partial charge >= 0.3 is 17.8 Å². The van der Waals surface area contributed by atoms with Crippen molar-refractivity contribution in [3.8, 4) is 0 Å². The van der Waals surface area contributed by atoms with Crippen LogP contribution in [0.15, 0.2) is 0 Å². The minimum atomic E-state index is -0.943. The zero-order valence-electron chi connectivity index (χ0n) is 8.87. The van der Waals surface area contributed by atoms with Gasteiger partial charge < -0.3 is 14.8 Å². The summed E-state index contributed by atoms with van der Waals surface area (Å²) in [6.07, 6.45) is 0.0407. The summed E-state index contributed by atoms with van der Waals surface area (Å²) < 4.78 is 9.07. The summed E-state index contributed by atoms with van der Waals surface area (Å²) in [4.78, 5) is 32.6. The van der Waals surface area contributed by atoms with Crippen LogP contribution in [0.4, 0.5) is 0 Å². The molecule has 0 spiro atoms. The van der Waals surface area contributed by atoms with Gasteiger partial charge in [0, 0.05) is 6.54 Å². The molecule has 0 atom stereocenters. The summed E-state index contributed by atoms with van der Waals surface area (Å²) in [7, 11) is 0. The SMILES string of the molecule is CCOC(=O)CCNC(=O)C(=O)OCC. The molecule has 0 aromatic carbocycles. The molecule has 0 bridgehead atoms. The number of hydrogen-bond acceptors (Lipinski definition) is 5. The molecule has 0 heterocycles. The van der Waals surface area contributed by atoms with E-state index in [-0.39, 0.29) is 19.6 Å². The zero-order chi connectivity index (χ0) is 11.7. The number of carbonyl (C=O) groups excluding carboxylic acids is 3. The molecule has 86 valence electrons. The average Bonchev–Trinajstić information content (AvgIpc) is 2.18. The maximum Gasteiger partial charge on any atom is 0.396 e. The number of esters is 2. The lowest BCUT2D eigenvalue weighted by molar-refractivity contribution is -0.154. The highest BCUT2D eigenvalue weighted by atomic mass is 16.5. The molecule has 0 aliphatic heterocycles. The zero-order valence-corrected chi connectivity index (χ0v) is 8.87. The lowest BCUT2D eigenvalue weighted by atomic mass is 10.4. The Hall–Kier alpha value is -1.59. The van der Waals surface area contributed by atoms with Gasteiger partial charge in [-0.1, -0.05) is 0 Å². The fourth-order valence-corrected chi connectivity index (χ4v) is 0.780. The van der Waals surface area contributed by atoms with Crippen LogP contribution < -0.4 is 5.32 Å². The lowest BCUT2D eigenvalue weighted by Crippen LogP contribution is -2.34. The van der Waals surface area contributed by atoms with E-state index in [0.717, 1.165) is 0 Å². The van der Waals surface area contributed by atoms with Gasteiger partial charge in [-0.25, -0.2) is 4.79 Å². The van der Waals surface area contributed by atoms with Gasteiger partial charge in [0.25, 0.3) is 0 Å². The number of amides is 1. The van der Waals surface area contributed by atoms with Crippen LogP contribution in [0, 0.1) is 0 Å². The predicted molar refractivity (Wildman–Crippen MR) is 50.9 cm³/mol. The Morgan fingerprint density at radius 2 is 1.67 bits per heavy atom. The Morgan fingerprint density at radius 1 is 1.07 bits per heavy atom. The molecule has 0 saturated carbocycles. The van der Waals surface area contributed by atoms with E-state index in [0.29, 0.717) is 6.61 Å². The number of nitrogens with one attached hydrogen (secondary N) is 1. The molecule has 1 N–H and O–H groups in total. The highest BCUT2D eigenvalue weighted by Crippen LogP contribution is 1.85. The molecule has 0 unspecified atom stereocenters. The van der Waals surface area contributed by atoms with Gasteiger partial charge in [-0.05, 0) is 13.8 Å². The van der Waals surface area contributed by atoms with Crippen molar-refractivity contribution in [2.75, 3.05) is 19.8 Å². The van der Waals surface area contributed by atoms with Crippen molar-refractivity contribution in [2.45, 2.75) is 20.3 Å². The van der Waals surface area contributed by atoms with E-state index in [4.69, 9.17) is 0 Å². The molecule has 0 aromatic heterocycles. The summed E-state index contributed by atoms with van der Waals surface area (Å²) in [6.45, 7) is 3.80. The van der Waals surface area contributed by atoms with E-state index in [9.17, 15) is 14.4 Å². The first-order valence-electron chi connectivity index (χ1n) is 4.72. The lowest BCUT2D eigenvalue weighted by Gasteiger charge is -2.04. The van der Waals surface area contributed by atoms with Gasteiger partial charge in [-0.15, -0.1) is 0 Å². The second-order valence-electron chi connectivity index (χ2n) is 2.53. The van der Waals surface area contributed by atoms with Crippen molar-refractivity contribution in [3.63, 3.8) is 0 Å². The van der Waals surface area contributed by atoms with Gasteiger partial charge in [0.1, 0.15) is 0 Å². The molecule has 0 saturated heterocycles. The van der Waals surface area contributed by atoms with E-state index in [1.54, 1.807) is 13.8 Å². The smallest absolute Gasteiger partial charge is 0.396 e. The number of hydrogen-bond donors (Lipinski definition) is 1. The highest BCUT2D eigenvalue weighted by Gasteiger charge is 2.14. The van der Waals surface area contributed by atoms with Crippen LogP contribution in [0.25, 0.3) is 0 Å². The second-order valence-corrected chi connectivity index (χ2v) is 2.53. The molecular weight excluding hydrogens is 202 g/mol. The molecule has 0 aliphatic rings. The second kappa shape index (κ2) is 7.78. The summed E-state index contributed by atoms with van der Waals surface area (Å²) in [5.41, 5.74) is 0. The van der Waals surface area contributed by atoms with Crippen LogP contribution in [0.3, 0.4) is 0 Å². The van der Waals surface area contributed by atoms with Crippen LogP contribution in [0.1, 0.15) is 20.3 Å². The fraction of sp³-hybridized carbons (Fsp3) is 0.667. The van der Waals surface area contributed by atoms with Gasteiger partial charge in [0.15, 0.2) is 0 Å². The largest absolute Gasteiger partial charge is 0.466 e. The highest BCUT2D eigenvalue weighted by molar-refractivity contribution is 6.32. The van der Waals surface area contributed by atoms with E-state index >= 15 is 0 Å². The predicted octanol–water partition coefficient (Wildman–Crippen LogP) is -0.381. The van der Waals surface area contributed by atoms with Crippen molar-refractivity contribution in [3.05, 3.63) is 0 Å². The maximum absolute atomic E-state index is 10.9. The molecular formula is C9H15NO5. The maximum atomic E-state index is 10.9. The topological polar surface area (TPSA) is 81.7 Å². The number of carbonyl (C=O) groups is 3. The van der Waals surface area contributed by atoms with Gasteiger partial charge in [-0.2, -0.15) is 0 Å². The summed E-state index contributed by atoms with van der Waals surface area (Å²) in [5.74, 6) is -2.20. The minimum Gasteiger partial charge on any atom is -0.466 e. The van der Waals surface area contributed by atoms with E-state index in [1.807, 2.05) is 0 Å². The first-order valence-corrected chi connectivity index (χ1v) is 4.72. The van der Waals surface area contributed by atoms with Crippen LogP contribution in [0.2, 0.25) is 0 Å². The van der Waals surface area contributed by atoms with Gasteiger partial charge in [0.05, 0.1) is 19.6 Å². The Labute approximate surface area is 87.9 Å².